The van der Waals surface area contributed by atoms with Gasteiger partial charge in [-0.05, 0) is 85.9 Å². The monoisotopic (exact) mass is 262 g/mol. The maximum atomic E-state index is 4.98. The summed E-state index contributed by atoms with van der Waals surface area (Å²) >= 11 is 0. The molecule has 1 aromatic heterocycles. The van der Waals surface area contributed by atoms with Crippen LogP contribution >= 0.6 is 0 Å². The lowest BCUT2D eigenvalue weighted by Gasteiger charge is -2.30. The molecule has 0 unspecified atom stereocenters. The summed E-state index contributed by atoms with van der Waals surface area (Å²) in [6.07, 6.45) is 0. The van der Waals surface area contributed by atoms with Crippen LogP contribution in [-0.4, -0.2) is 10.1 Å². The van der Waals surface area contributed by atoms with Crippen molar-refractivity contribution in [3.63, 3.8) is 0 Å². The van der Waals surface area contributed by atoms with E-state index in [1.807, 2.05) is 0 Å². The highest BCUT2D eigenvalue weighted by Crippen LogP contribution is 2.21. The van der Waals surface area contributed by atoms with Crippen LogP contribution in [0.4, 0.5) is 0 Å². The van der Waals surface area contributed by atoms with Crippen molar-refractivity contribution in [1.29, 1.82) is 0 Å². The Balaban J connectivity index is 3.95. The van der Waals surface area contributed by atoms with Gasteiger partial charge in [-0.2, -0.15) is 0 Å². The van der Waals surface area contributed by atoms with Crippen LogP contribution in [0.3, 0.4) is 0 Å². The van der Waals surface area contributed by atoms with Gasteiger partial charge in [0.05, 0.1) is 5.54 Å². The topological polar surface area (TPSA) is 17.3 Å². The first-order valence-electron chi connectivity index (χ1n) is 7.12. The average molecular weight is 262 g/mol. The molecule has 1 rings (SSSR count). The molecule has 0 N–H and O–H groups in total. The molecule has 108 valence electrons. The summed E-state index contributed by atoms with van der Waals surface area (Å²) in [4.78, 5) is 4.98. The summed E-state index contributed by atoms with van der Waals surface area (Å²) in [5.41, 5.74) is 6.46. The standard InChI is InChI=1S/C17H30N2/c1-11-12(2)14(4)19(17(8,9)10)15(13(11)3)18-16(5,6)7/h1-10H3. The fraction of sp³-hybridized carbons (Fsp3) is 0.706. The van der Waals surface area contributed by atoms with E-state index < -0.39 is 0 Å². The van der Waals surface area contributed by atoms with E-state index in [0.29, 0.717) is 0 Å². The largest absolute Gasteiger partial charge is 0.325 e. The van der Waals surface area contributed by atoms with E-state index in [0.717, 1.165) is 5.49 Å². The third-order valence-corrected chi connectivity index (χ3v) is 3.66. The molecule has 19 heavy (non-hydrogen) atoms. The van der Waals surface area contributed by atoms with Gasteiger partial charge in [0.25, 0.3) is 0 Å². The molecular formula is C17H30N2. The molecule has 0 fully saturated rings. The SMILES string of the molecule is Cc1c(C)c(C)n(C(C)(C)C)c(=NC(C)(C)C)c1C. The zero-order valence-electron chi connectivity index (χ0n) is 14.4. The Bertz CT molecular complexity index is 547. The van der Waals surface area contributed by atoms with Crippen LogP contribution in [0.15, 0.2) is 4.99 Å². The van der Waals surface area contributed by atoms with E-state index in [9.17, 15) is 0 Å². The van der Waals surface area contributed by atoms with Gasteiger partial charge in [-0.25, -0.2) is 0 Å². The highest BCUT2D eigenvalue weighted by atomic mass is 15.1. The molecule has 0 radical (unpaired) electrons. The van der Waals surface area contributed by atoms with E-state index in [4.69, 9.17) is 4.99 Å². The van der Waals surface area contributed by atoms with Gasteiger partial charge >= 0.3 is 0 Å². The fourth-order valence-electron chi connectivity index (χ4n) is 2.49. The second-order valence-corrected chi connectivity index (χ2v) is 7.57. The summed E-state index contributed by atoms with van der Waals surface area (Å²) in [5.74, 6) is 0. The summed E-state index contributed by atoms with van der Waals surface area (Å²) in [6, 6.07) is 0. The molecule has 0 atom stereocenters. The normalized spacial score (nSPS) is 14.1. The minimum atomic E-state index is -0.0636. The van der Waals surface area contributed by atoms with Gasteiger partial charge in [0.15, 0.2) is 0 Å². The third-order valence-electron chi connectivity index (χ3n) is 3.66. The summed E-state index contributed by atoms with van der Waals surface area (Å²) in [5, 5.41) is 0. The van der Waals surface area contributed by atoms with Crippen LogP contribution in [0.5, 0.6) is 0 Å². The first-order valence-corrected chi connectivity index (χ1v) is 7.12. The summed E-state index contributed by atoms with van der Waals surface area (Å²) < 4.78 is 2.38. The van der Waals surface area contributed by atoms with Crippen molar-refractivity contribution >= 4 is 0 Å². The van der Waals surface area contributed by atoms with Gasteiger partial charge in [-0.1, -0.05) is 0 Å². The molecule has 2 nitrogen and oxygen atoms in total. The Hall–Kier alpha value is -1.05. The Morgan fingerprint density at radius 2 is 1.21 bits per heavy atom. The highest BCUT2D eigenvalue weighted by Gasteiger charge is 2.21. The molecule has 0 saturated carbocycles. The van der Waals surface area contributed by atoms with Crippen molar-refractivity contribution in [1.82, 2.24) is 4.57 Å². The Labute approximate surface area is 118 Å². The number of pyridine rings is 1. The van der Waals surface area contributed by atoms with Gasteiger partial charge in [-0.15, -0.1) is 0 Å². The van der Waals surface area contributed by atoms with Gasteiger partial charge in [0.1, 0.15) is 5.49 Å². The zero-order valence-corrected chi connectivity index (χ0v) is 14.4. The van der Waals surface area contributed by atoms with Crippen LogP contribution in [0.2, 0.25) is 0 Å². The van der Waals surface area contributed by atoms with Crippen molar-refractivity contribution in [2.24, 2.45) is 4.99 Å². The lowest BCUT2D eigenvalue weighted by molar-refractivity contribution is 0.362. The van der Waals surface area contributed by atoms with Crippen LogP contribution < -0.4 is 5.49 Å². The predicted octanol–water partition coefficient (Wildman–Crippen LogP) is 4.18. The molecule has 0 aliphatic heterocycles. The molecule has 1 aromatic rings. The van der Waals surface area contributed by atoms with Gasteiger partial charge in [0.2, 0.25) is 0 Å². The van der Waals surface area contributed by atoms with Crippen LogP contribution in [0.1, 0.15) is 63.9 Å². The quantitative estimate of drug-likeness (QED) is 0.667. The first-order chi connectivity index (χ1) is 8.36. The zero-order chi connectivity index (χ0) is 15.2. The minimum absolute atomic E-state index is 0.0391. The molecule has 0 aromatic carbocycles. The van der Waals surface area contributed by atoms with Crippen molar-refractivity contribution in [3.05, 3.63) is 27.9 Å². The van der Waals surface area contributed by atoms with E-state index in [2.05, 4.69) is 73.8 Å². The lowest BCUT2D eigenvalue weighted by Crippen LogP contribution is -2.40. The van der Waals surface area contributed by atoms with Gasteiger partial charge in [0, 0.05) is 11.2 Å². The van der Waals surface area contributed by atoms with E-state index in [-0.39, 0.29) is 11.1 Å². The van der Waals surface area contributed by atoms with Crippen molar-refractivity contribution in [2.45, 2.75) is 80.3 Å². The maximum Gasteiger partial charge on any atom is 0.131 e. The predicted molar refractivity (Wildman–Crippen MR) is 83.7 cm³/mol. The summed E-state index contributed by atoms with van der Waals surface area (Å²) in [7, 11) is 0. The number of nitrogens with zero attached hydrogens (tertiary/aromatic N) is 2. The smallest absolute Gasteiger partial charge is 0.131 e. The second-order valence-electron chi connectivity index (χ2n) is 7.57. The third kappa shape index (κ3) is 3.29. The van der Waals surface area contributed by atoms with Crippen LogP contribution in [0, 0.1) is 27.7 Å². The highest BCUT2D eigenvalue weighted by molar-refractivity contribution is 5.34. The Morgan fingerprint density at radius 3 is 1.58 bits per heavy atom. The second kappa shape index (κ2) is 4.81. The molecular weight excluding hydrogens is 232 g/mol. The average Bonchev–Trinajstić information content (AvgIpc) is 2.19. The molecule has 0 saturated heterocycles. The number of hydrogen-bond donors (Lipinski definition) is 0. The minimum Gasteiger partial charge on any atom is -0.325 e. The van der Waals surface area contributed by atoms with Gasteiger partial charge < -0.3 is 4.57 Å². The molecule has 1 heterocycles. The van der Waals surface area contributed by atoms with E-state index in [1.165, 1.54) is 22.4 Å². The Kier molecular flexibility index (Phi) is 4.05. The van der Waals surface area contributed by atoms with E-state index in [1.54, 1.807) is 0 Å². The maximum absolute atomic E-state index is 4.98. The molecule has 0 aliphatic rings. The molecule has 2 heteroatoms. The van der Waals surface area contributed by atoms with Gasteiger partial charge in [-0.3, -0.25) is 4.99 Å². The molecule has 0 bridgehead atoms. The van der Waals surface area contributed by atoms with Crippen molar-refractivity contribution in [3.8, 4) is 0 Å². The van der Waals surface area contributed by atoms with Crippen LogP contribution in [-0.2, 0) is 5.54 Å². The number of rotatable bonds is 0. The molecule has 0 spiro atoms. The Morgan fingerprint density at radius 1 is 0.737 bits per heavy atom. The molecule has 0 aliphatic carbocycles. The first kappa shape index (κ1) is 16.0. The number of hydrogen-bond acceptors (Lipinski definition) is 1. The fourth-order valence-corrected chi connectivity index (χ4v) is 2.49. The number of aromatic nitrogens is 1. The van der Waals surface area contributed by atoms with E-state index >= 15 is 0 Å². The summed E-state index contributed by atoms with van der Waals surface area (Å²) in [6.45, 7) is 22.0. The van der Waals surface area contributed by atoms with Crippen molar-refractivity contribution < 1.29 is 0 Å². The lowest BCUT2D eigenvalue weighted by atomic mass is 9.99. The van der Waals surface area contributed by atoms with Crippen LogP contribution in [0.25, 0.3) is 0 Å². The molecule has 0 amide bonds. The van der Waals surface area contributed by atoms with Crippen molar-refractivity contribution in [2.75, 3.05) is 0 Å².